The normalized spacial score (nSPS) is 17.8. The minimum absolute atomic E-state index is 0.0849. The first-order chi connectivity index (χ1) is 7.18. The Labute approximate surface area is 91.2 Å². The number of hydrogen-bond acceptors (Lipinski definition) is 3. The number of rotatable bonds is 4. The number of hydrogen-bond donors (Lipinski definition) is 2. The SMILES string of the molecule is CC(C)NC(=O)NCCN1CCOCC1. The average molecular weight is 215 g/mol. The van der Waals surface area contributed by atoms with Crippen LogP contribution in [-0.2, 0) is 4.74 Å². The Morgan fingerprint density at radius 1 is 1.40 bits per heavy atom. The molecule has 5 heteroatoms. The molecule has 0 bridgehead atoms. The van der Waals surface area contributed by atoms with Crippen LogP contribution in [0, 0.1) is 0 Å². The molecule has 88 valence electrons. The van der Waals surface area contributed by atoms with Gasteiger partial charge in [0.05, 0.1) is 13.2 Å². The minimum atomic E-state index is -0.0849. The summed E-state index contributed by atoms with van der Waals surface area (Å²) in [5.41, 5.74) is 0. The first kappa shape index (κ1) is 12.3. The van der Waals surface area contributed by atoms with Crippen LogP contribution in [0.2, 0.25) is 0 Å². The molecule has 5 nitrogen and oxygen atoms in total. The highest BCUT2D eigenvalue weighted by Crippen LogP contribution is 1.94. The molecule has 1 aliphatic rings. The van der Waals surface area contributed by atoms with Crippen molar-refractivity contribution in [3.05, 3.63) is 0 Å². The van der Waals surface area contributed by atoms with Gasteiger partial charge >= 0.3 is 6.03 Å². The van der Waals surface area contributed by atoms with Crippen LogP contribution < -0.4 is 10.6 Å². The topological polar surface area (TPSA) is 53.6 Å². The Morgan fingerprint density at radius 2 is 2.07 bits per heavy atom. The number of carbonyl (C=O) groups excluding carboxylic acids is 1. The van der Waals surface area contributed by atoms with Gasteiger partial charge in [0.25, 0.3) is 0 Å². The van der Waals surface area contributed by atoms with Crippen LogP contribution in [0.4, 0.5) is 4.79 Å². The molecule has 2 amide bonds. The third-order valence-corrected chi connectivity index (χ3v) is 2.24. The highest BCUT2D eigenvalue weighted by atomic mass is 16.5. The van der Waals surface area contributed by atoms with Crippen molar-refractivity contribution in [2.75, 3.05) is 39.4 Å². The smallest absolute Gasteiger partial charge is 0.315 e. The van der Waals surface area contributed by atoms with Crippen molar-refractivity contribution in [3.63, 3.8) is 0 Å². The summed E-state index contributed by atoms with van der Waals surface area (Å²) in [7, 11) is 0. The van der Waals surface area contributed by atoms with Crippen molar-refractivity contribution in [2.45, 2.75) is 19.9 Å². The van der Waals surface area contributed by atoms with Gasteiger partial charge in [0.2, 0.25) is 0 Å². The van der Waals surface area contributed by atoms with Gasteiger partial charge in [-0.15, -0.1) is 0 Å². The van der Waals surface area contributed by atoms with E-state index in [-0.39, 0.29) is 12.1 Å². The Morgan fingerprint density at radius 3 is 2.67 bits per heavy atom. The lowest BCUT2D eigenvalue weighted by atomic mass is 10.4. The number of amides is 2. The van der Waals surface area contributed by atoms with Crippen molar-refractivity contribution in [1.29, 1.82) is 0 Å². The zero-order valence-corrected chi connectivity index (χ0v) is 9.58. The van der Waals surface area contributed by atoms with E-state index in [1.165, 1.54) is 0 Å². The maximum absolute atomic E-state index is 11.2. The number of carbonyl (C=O) groups is 1. The summed E-state index contributed by atoms with van der Waals surface area (Å²) in [6.45, 7) is 9.02. The van der Waals surface area contributed by atoms with Gasteiger partial charge in [0.15, 0.2) is 0 Å². The molecule has 0 unspecified atom stereocenters. The summed E-state index contributed by atoms with van der Waals surface area (Å²) in [6, 6.07) is 0.103. The fourth-order valence-corrected chi connectivity index (χ4v) is 1.47. The van der Waals surface area contributed by atoms with E-state index in [0.29, 0.717) is 6.54 Å². The fraction of sp³-hybridized carbons (Fsp3) is 0.900. The van der Waals surface area contributed by atoms with Crippen molar-refractivity contribution in [3.8, 4) is 0 Å². The maximum atomic E-state index is 11.2. The zero-order chi connectivity index (χ0) is 11.1. The van der Waals surface area contributed by atoms with Gasteiger partial charge in [0, 0.05) is 32.2 Å². The van der Waals surface area contributed by atoms with Crippen LogP contribution >= 0.6 is 0 Å². The molecule has 1 heterocycles. The quantitative estimate of drug-likeness (QED) is 0.695. The number of nitrogens with zero attached hydrogens (tertiary/aromatic N) is 1. The summed E-state index contributed by atoms with van der Waals surface area (Å²) in [6.07, 6.45) is 0. The maximum Gasteiger partial charge on any atom is 0.315 e. The van der Waals surface area contributed by atoms with Crippen molar-refractivity contribution < 1.29 is 9.53 Å². The van der Waals surface area contributed by atoms with Crippen LogP contribution in [0.5, 0.6) is 0 Å². The second kappa shape index (κ2) is 6.63. The van der Waals surface area contributed by atoms with Gasteiger partial charge < -0.3 is 15.4 Å². The molecule has 0 spiro atoms. The van der Waals surface area contributed by atoms with Crippen LogP contribution in [-0.4, -0.2) is 56.4 Å². The monoisotopic (exact) mass is 215 g/mol. The van der Waals surface area contributed by atoms with Gasteiger partial charge in [-0.1, -0.05) is 0 Å². The molecule has 2 N–H and O–H groups in total. The summed E-state index contributed by atoms with van der Waals surface area (Å²) in [5, 5.41) is 5.62. The molecule has 1 saturated heterocycles. The molecule has 15 heavy (non-hydrogen) atoms. The lowest BCUT2D eigenvalue weighted by Gasteiger charge is -2.26. The predicted molar refractivity (Wildman–Crippen MR) is 58.9 cm³/mol. The first-order valence-corrected chi connectivity index (χ1v) is 5.53. The summed E-state index contributed by atoms with van der Waals surface area (Å²) < 4.78 is 5.24. The molecule has 0 aromatic rings. The van der Waals surface area contributed by atoms with Crippen LogP contribution in [0.15, 0.2) is 0 Å². The Balaban J connectivity index is 2.02. The highest BCUT2D eigenvalue weighted by molar-refractivity contribution is 5.74. The summed E-state index contributed by atoms with van der Waals surface area (Å²) in [5.74, 6) is 0. The van der Waals surface area contributed by atoms with Gasteiger partial charge in [-0.3, -0.25) is 4.90 Å². The lowest BCUT2D eigenvalue weighted by molar-refractivity contribution is 0.0387. The number of urea groups is 1. The van der Waals surface area contributed by atoms with Gasteiger partial charge in [-0.2, -0.15) is 0 Å². The molecule has 0 atom stereocenters. The highest BCUT2D eigenvalue weighted by Gasteiger charge is 2.09. The van der Waals surface area contributed by atoms with Crippen LogP contribution in [0.3, 0.4) is 0 Å². The van der Waals surface area contributed by atoms with Crippen LogP contribution in [0.1, 0.15) is 13.8 Å². The second-order valence-corrected chi connectivity index (χ2v) is 4.01. The largest absolute Gasteiger partial charge is 0.379 e. The molecular formula is C10H21N3O2. The molecule has 1 fully saturated rings. The van der Waals surface area contributed by atoms with Gasteiger partial charge in [0.1, 0.15) is 0 Å². The first-order valence-electron chi connectivity index (χ1n) is 5.53. The molecule has 0 aromatic carbocycles. The van der Waals surface area contributed by atoms with E-state index in [9.17, 15) is 4.79 Å². The average Bonchev–Trinajstić information content (AvgIpc) is 2.18. The second-order valence-electron chi connectivity index (χ2n) is 4.01. The third kappa shape index (κ3) is 5.59. The third-order valence-electron chi connectivity index (χ3n) is 2.24. The molecule has 0 saturated carbocycles. The van der Waals surface area contributed by atoms with E-state index in [1.807, 2.05) is 13.8 Å². The standard InChI is InChI=1S/C10H21N3O2/c1-9(2)12-10(14)11-3-4-13-5-7-15-8-6-13/h9H,3-8H2,1-2H3,(H2,11,12,14). The van der Waals surface area contributed by atoms with E-state index >= 15 is 0 Å². The molecular weight excluding hydrogens is 194 g/mol. The number of ether oxygens (including phenoxy) is 1. The zero-order valence-electron chi connectivity index (χ0n) is 9.58. The molecule has 1 aliphatic heterocycles. The molecule has 0 radical (unpaired) electrons. The van der Waals surface area contributed by atoms with Gasteiger partial charge in [-0.25, -0.2) is 4.79 Å². The van der Waals surface area contributed by atoms with E-state index in [1.54, 1.807) is 0 Å². The van der Waals surface area contributed by atoms with E-state index in [4.69, 9.17) is 4.74 Å². The predicted octanol–water partition coefficient (Wildman–Crippen LogP) is 0.0262. The van der Waals surface area contributed by atoms with E-state index < -0.39 is 0 Å². The Hall–Kier alpha value is -0.810. The molecule has 0 aliphatic carbocycles. The summed E-state index contributed by atoms with van der Waals surface area (Å²) in [4.78, 5) is 13.5. The fourth-order valence-electron chi connectivity index (χ4n) is 1.47. The number of morpholine rings is 1. The Bertz CT molecular complexity index is 191. The van der Waals surface area contributed by atoms with Crippen LogP contribution in [0.25, 0.3) is 0 Å². The molecule has 1 rings (SSSR count). The lowest BCUT2D eigenvalue weighted by Crippen LogP contribution is -2.45. The van der Waals surface area contributed by atoms with Crippen molar-refractivity contribution >= 4 is 6.03 Å². The number of nitrogens with one attached hydrogen (secondary N) is 2. The van der Waals surface area contributed by atoms with E-state index in [2.05, 4.69) is 15.5 Å². The van der Waals surface area contributed by atoms with Gasteiger partial charge in [-0.05, 0) is 13.8 Å². The molecule has 0 aromatic heterocycles. The Kier molecular flexibility index (Phi) is 5.42. The van der Waals surface area contributed by atoms with Crippen molar-refractivity contribution in [1.82, 2.24) is 15.5 Å². The minimum Gasteiger partial charge on any atom is -0.379 e. The van der Waals surface area contributed by atoms with E-state index in [0.717, 1.165) is 32.8 Å². The summed E-state index contributed by atoms with van der Waals surface area (Å²) >= 11 is 0. The van der Waals surface area contributed by atoms with Crippen molar-refractivity contribution in [2.24, 2.45) is 0 Å².